The topological polar surface area (TPSA) is 69.6 Å². The van der Waals surface area contributed by atoms with Gasteiger partial charge >= 0.3 is 0 Å². The summed E-state index contributed by atoms with van der Waals surface area (Å²) in [6.45, 7) is 3.54. The minimum absolute atomic E-state index is 0.624. The molecular weight excluding hydrogens is 258 g/mol. The van der Waals surface area contributed by atoms with Gasteiger partial charge < -0.3 is 10.3 Å². The molecule has 0 bridgehead atoms. The minimum Gasteiger partial charge on any atom is -0.330 e. The molecule has 3 aromatic rings. The lowest BCUT2D eigenvalue weighted by Gasteiger charge is -2.02. The van der Waals surface area contributed by atoms with Gasteiger partial charge in [0.25, 0.3) is 0 Å². The van der Waals surface area contributed by atoms with Crippen LogP contribution < -0.4 is 5.73 Å². The summed E-state index contributed by atoms with van der Waals surface area (Å²) in [6, 6.07) is 3.88. The molecule has 0 saturated heterocycles. The smallest absolute Gasteiger partial charge is 0.161 e. The third kappa shape index (κ3) is 2.13. The van der Waals surface area contributed by atoms with Gasteiger partial charge in [0.1, 0.15) is 11.2 Å². The third-order valence-corrected chi connectivity index (χ3v) is 3.87. The second-order valence-electron chi connectivity index (χ2n) is 4.19. The molecule has 3 heterocycles. The van der Waals surface area contributed by atoms with E-state index in [0.29, 0.717) is 6.54 Å². The number of hydrogen-bond donors (Lipinski definition) is 1. The van der Waals surface area contributed by atoms with Crippen LogP contribution in [0.2, 0.25) is 0 Å². The lowest BCUT2D eigenvalue weighted by molar-refractivity contribution is 0.784. The van der Waals surface area contributed by atoms with Crippen molar-refractivity contribution in [2.24, 2.45) is 5.73 Å². The predicted molar refractivity (Wildman–Crippen MR) is 77.1 cm³/mol. The molecule has 0 aliphatic heterocycles. The molecule has 2 N–H and O–H groups in total. The lowest BCUT2D eigenvalue weighted by atomic mass is 10.4. The molecule has 0 aliphatic rings. The molecule has 0 fully saturated rings. The lowest BCUT2D eigenvalue weighted by Crippen LogP contribution is -2.02. The summed E-state index contributed by atoms with van der Waals surface area (Å²) in [4.78, 5) is 13.6. The number of imidazole rings is 1. The highest BCUT2D eigenvalue weighted by Crippen LogP contribution is 2.25. The maximum absolute atomic E-state index is 5.56. The molecule has 3 rings (SSSR count). The Bertz CT molecular complexity index is 700. The number of pyridine rings is 1. The van der Waals surface area contributed by atoms with E-state index in [9.17, 15) is 0 Å². The van der Waals surface area contributed by atoms with Crippen molar-refractivity contribution in [1.29, 1.82) is 0 Å². The normalized spacial score (nSPS) is 11.3. The van der Waals surface area contributed by atoms with Gasteiger partial charge in [-0.25, -0.2) is 15.0 Å². The molecule has 0 atom stereocenters. The van der Waals surface area contributed by atoms with Crippen LogP contribution in [-0.2, 0) is 13.0 Å². The molecule has 19 heavy (non-hydrogen) atoms. The standard InChI is InChI=1S/C13H15N5S/c1-2-18-12-9(4-3-7-15-12)17-13(18)10-8-19-11(16-10)5-6-14/h3-4,7-8H,2,5-6,14H2,1H3. The van der Waals surface area contributed by atoms with Crippen molar-refractivity contribution in [1.82, 2.24) is 19.5 Å². The van der Waals surface area contributed by atoms with Crippen LogP contribution in [0, 0.1) is 0 Å². The van der Waals surface area contributed by atoms with Crippen LogP contribution in [0.1, 0.15) is 11.9 Å². The Morgan fingerprint density at radius 1 is 1.37 bits per heavy atom. The highest BCUT2D eigenvalue weighted by atomic mass is 32.1. The number of hydrogen-bond acceptors (Lipinski definition) is 5. The van der Waals surface area contributed by atoms with Gasteiger partial charge in [0.2, 0.25) is 0 Å². The molecule has 0 spiro atoms. The Labute approximate surface area is 115 Å². The first kappa shape index (κ1) is 12.3. The molecule has 6 heteroatoms. The van der Waals surface area contributed by atoms with Crippen LogP contribution in [0.25, 0.3) is 22.7 Å². The van der Waals surface area contributed by atoms with Crippen LogP contribution in [-0.4, -0.2) is 26.1 Å². The van der Waals surface area contributed by atoms with Gasteiger partial charge in [-0.05, 0) is 25.6 Å². The van der Waals surface area contributed by atoms with E-state index < -0.39 is 0 Å². The first-order chi connectivity index (χ1) is 9.33. The average molecular weight is 273 g/mol. The number of aromatic nitrogens is 4. The second kappa shape index (κ2) is 5.07. The van der Waals surface area contributed by atoms with E-state index in [4.69, 9.17) is 5.73 Å². The van der Waals surface area contributed by atoms with Crippen LogP contribution >= 0.6 is 11.3 Å². The first-order valence-corrected chi connectivity index (χ1v) is 7.17. The van der Waals surface area contributed by atoms with Crippen molar-refractivity contribution >= 4 is 22.5 Å². The molecule has 0 aliphatic carbocycles. The second-order valence-corrected chi connectivity index (χ2v) is 5.13. The van der Waals surface area contributed by atoms with Crippen molar-refractivity contribution in [3.8, 4) is 11.5 Å². The molecule has 0 aromatic carbocycles. The zero-order chi connectivity index (χ0) is 13.2. The SMILES string of the molecule is CCn1c(-c2csc(CCN)n2)nc2cccnc21. The number of nitrogens with zero attached hydrogens (tertiary/aromatic N) is 4. The molecule has 0 unspecified atom stereocenters. The Morgan fingerprint density at radius 3 is 3.05 bits per heavy atom. The van der Waals surface area contributed by atoms with Gasteiger partial charge in [-0.15, -0.1) is 11.3 Å². The van der Waals surface area contributed by atoms with Gasteiger partial charge in [0.15, 0.2) is 11.5 Å². The van der Waals surface area contributed by atoms with Crippen LogP contribution in [0.4, 0.5) is 0 Å². The van der Waals surface area contributed by atoms with E-state index in [1.54, 1.807) is 17.5 Å². The van der Waals surface area contributed by atoms with Crippen LogP contribution in [0.15, 0.2) is 23.7 Å². The van der Waals surface area contributed by atoms with E-state index in [-0.39, 0.29) is 0 Å². The van der Waals surface area contributed by atoms with Crippen molar-refractivity contribution < 1.29 is 0 Å². The molecule has 5 nitrogen and oxygen atoms in total. The van der Waals surface area contributed by atoms with Gasteiger partial charge in [0, 0.05) is 24.5 Å². The maximum atomic E-state index is 5.56. The van der Waals surface area contributed by atoms with Gasteiger partial charge in [-0.2, -0.15) is 0 Å². The number of rotatable bonds is 4. The minimum atomic E-state index is 0.624. The number of nitrogens with two attached hydrogens (primary N) is 1. The van der Waals surface area contributed by atoms with E-state index >= 15 is 0 Å². The first-order valence-electron chi connectivity index (χ1n) is 6.29. The summed E-state index contributed by atoms with van der Waals surface area (Å²) >= 11 is 1.63. The van der Waals surface area contributed by atoms with Crippen molar-refractivity contribution in [3.05, 3.63) is 28.7 Å². The fourth-order valence-electron chi connectivity index (χ4n) is 2.11. The fourth-order valence-corrected chi connectivity index (χ4v) is 2.90. The maximum Gasteiger partial charge on any atom is 0.161 e. The van der Waals surface area contributed by atoms with Crippen LogP contribution in [0.3, 0.4) is 0 Å². The quantitative estimate of drug-likeness (QED) is 0.790. The Morgan fingerprint density at radius 2 is 2.26 bits per heavy atom. The monoisotopic (exact) mass is 273 g/mol. The fraction of sp³-hybridized carbons (Fsp3) is 0.308. The molecule has 3 aromatic heterocycles. The van der Waals surface area contributed by atoms with E-state index in [2.05, 4.69) is 26.4 Å². The van der Waals surface area contributed by atoms with Crippen molar-refractivity contribution in [2.75, 3.05) is 6.54 Å². The predicted octanol–water partition coefficient (Wildman–Crippen LogP) is 2.08. The summed E-state index contributed by atoms with van der Waals surface area (Å²) in [5.74, 6) is 0.885. The summed E-state index contributed by atoms with van der Waals surface area (Å²) in [5, 5.41) is 3.10. The van der Waals surface area contributed by atoms with Gasteiger partial charge in [-0.3, -0.25) is 0 Å². The molecular formula is C13H15N5S. The summed E-state index contributed by atoms with van der Waals surface area (Å²) in [6.07, 6.45) is 2.61. The number of thiazole rings is 1. The van der Waals surface area contributed by atoms with Gasteiger partial charge in [-0.1, -0.05) is 0 Å². The summed E-state index contributed by atoms with van der Waals surface area (Å²) < 4.78 is 2.09. The Balaban J connectivity index is 2.12. The molecule has 98 valence electrons. The summed E-state index contributed by atoms with van der Waals surface area (Å²) in [5.41, 5.74) is 8.29. The molecule has 0 saturated carbocycles. The third-order valence-electron chi connectivity index (χ3n) is 2.96. The summed E-state index contributed by atoms with van der Waals surface area (Å²) in [7, 11) is 0. The zero-order valence-corrected chi connectivity index (χ0v) is 11.5. The van der Waals surface area contributed by atoms with Gasteiger partial charge in [0.05, 0.1) is 5.01 Å². The van der Waals surface area contributed by atoms with Crippen LogP contribution in [0.5, 0.6) is 0 Å². The van der Waals surface area contributed by atoms with E-state index in [0.717, 1.165) is 40.7 Å². The number of aryl methyl sites for hydroxylation is 1. The number of fused-ring (bicyclic) bond motifs is 1. The molecule has 0 radical (unpaired) electrons. The van der Waals surface area contributed by atoms with Crippen molar-refractivity contribution in [3.63, 3.8) is 0 Å². The zero-order valence-electron chi connectivity index (χ0n) is 10.7. The highest BCUT2D eigenvalue weighted by molar-refractivity contribution is 7.09. The largest absolute Gasteiger partial charge is 0.330 e. The van der Waals surface area contributed by atoms with E-state index in [1.807, 2.05) is 17.5 Å². The Kier molecular flexibility index (Phi) is 3.27. The highest BCUT2D eigenvalue weighted by Gasteiger charge is 2.14. The average Bonchev–Trinajstić information content (AvgIpc) is 3.02. The van der Waals surface area contributed by atoms with Crippen molar-refractivity contribution in [2.45, 2.75) is 19.9 Å². The Hall–Kier alpha value is -1.79. The van der Waals surface area contributed by atoms with E-state index in [1.165, 1.54) is 0 Å². The molecule has 0 amide bonds.